The number of Topliss-reactive ketones (excluding diaryl/α,β-unsaturated/α-hetero) is 1. The molecule has 1 unspecified atom stereocenters. The maximum Gasteiger partial charge on any atom is 0.202 e. The summed E-state index contributed by atoms with van der Waals surface area (Å²) in [4.78, 5) is 12.5. The predicted octanol–water partition coefficient (Wildman–Crippen LogP) is 3.53. The molecule has 1 fully saturated rings. The fraction of sp³-hybridized carbons (Fsp3) is 0.583. The second-order valence-corrected chi connectivity index (χ2v) is 5.63. The van der Waals surface area contributed by atoms with Crippen LogP contribution in [-0.2, 0) is 0 Å². The van der Waals surface area contributed by atoms with Crippen molar-refractivity contribution >= 4 is 28.7 Å². The molecule has 1 atom stereocenters. The second kappa shape index (κ2) is 5.30. The van der Waals surface area contributed by atoms with E-state index in [1.807, 2.05) is 0 Å². The third-order valence-corrected chi connectivity index (χ3v) is 4.56. The fourth-order valence-corrected chi connectivity index (χ4v) is 3.39. The zero-order valence-corrected chi connectivity index (χ0v) is 10.6. The normalized spacial score (nSPS) is 19.6. The van der Waals surface area contributed by atoms with E-state index in [1.54, 1.807) is 11.4 Å². The van der Waals surface area contributed by atoms with Crippen LogP contribution in [0.25, 0.3) is 0 Å². The Morgan fingerprint density at radius 1 is 1.44 bits per heavy atom. The largest absolute Gasteiger partial charge is 0.385 e. The number of aliphatic hydroxyl groups is 1. The third-order valence-electron chi connectivity index (χ3n) is 3.21. The molecular formula is C12H15ClO2S. The van der Waals surface area contributed by atoms with Crippen LogP contribution in [0.1, 0.15) is 41.8 Å². The van der Waals surface area contributed by atoms with Crippen molar-refractivity contribution in [2.24, 2.45) is 5.92 Å². The first-order chi connectivity index (χ1) is 7.70. The molecule has 0 radical (unpaired) electrons. The molecule has 1 saturated carbocycles. The minimum Gasteiger partial charge on any atom is -0.385 e. The van der Waals surface area contributed by atoms with Crippen LogP contribution in [0.4, 0.5) is 0 Å². The maximum atomic E-state index is 12.0. The van der Waals surface area contributed by atoms with Gasteiger partial charge in [-0.05, 0) is 30.2 Å². The highest BCUT2D eigenvalue weighted by atomic mass is 35.5. The molecule has 16 heavy (non-hydrogen) atoms. The molecule has 1 aliphatic carbocycles. The SMILES string of the molecule is O=C(c1sccc1Cl)C(O)C1CCCCC1. The topological polar surface area (TPSA) is 37.3 Å². The molecule has 4 heteroatoms. The molecule has 1 aliphatic rings. The molecule has 0 aliphatic heterocycles. The van der Waals surface area contributed by atoms with E-state index in [1.165, 1.54) is 17.8 Å². The average Bonchev–Trinajstić information content (AvgIpc) is 2.75. The molecule has 0 aromatic carbocycles. The lowest BCUT2D eigenvalue weighted by molar-refractivity contribution is 0.0539. The van der Waals surface area contributed by atoms with Gasteiger partial charge >= 0.3 is 0 Å². The highest BCUT2D eigenvalue weighted by molar-refractivity contribution is 7.12. The Hall–Kier alpha value is -0.380. The van der Waals surface area contributed by atoms with E-state index < -0.39 is 6.10 Å². The number of carbonyl (C=O) groups excluding carboxylic acids is 1. The van der Waals surface area contributed by atoms with Crippen molar-refractivity contribution in [2.75, 3.05) is 0 Å². The third kappa shape index (κ3) is 2.47. The van der Waals surface area contributed by atoms with E-state index in [0.29, 0.717) is 9.90 Å². The lowest BCUT2D eigenvalue weighted by Gasteiger charge is -2.25. The Balaban J connectivity index is 2.06. The summed E-state index contributed by atoms with van der Waals surface area (Å²) in [7, 11) is 0. The fourth-order valence-electron chi connectivity index (χ4n) is 2.27. The summed E-state index contributed by atoms with van der Waals surface area (Å²) in [6, 6.07) is 1.70. The Labute approximate surface area is 104 Å². The molecule has 0 amide bonds. The highest BCUT2D eigenvalue weighted by Gasteiger charge is 2.29. The Kier molecular flexibility index (Phi) is 4.00. The highest BCUT2D eigenvalue weighted by Crippen LogP contribution is 2.30. The smallest absolute Gasteiger partial charge is 0.202 e. The summed E-state index contributed by atoms with van der Waals surface area (Å²) < 4.78 is 0. The van der Waals surface area contributed by atoms with Crippen molar-refractivity contribution in [3.8, 4) is 0 Å². The average molecular weight is 259 g/mol. The lowest BCUT2D eigenvalue weighted by atomic mass is 9.83. The predicted molar refractivity (Wildman–Crippen MR) is 66.2 cm³/mol. The van der Waals surface area contributed by atoms with Crippen LogP contribution < -0.4 is 0 Å². The first kappa shape index (κ1) is 12.1. The maximum absolute atomic E-state index is 12.0. The van der Waals surface area contributed by atoms with Crippen LogP contribution in [0.15, 0.2) is 11.4 Å². The van der Waals surface area contributed by atoms with Crippen molar-refractivity contribution in [1.82, 2.24) is 0 Å². The van der Waals surface area contributed by atoms with Crippen molar-refractivity contribution in [2.45, 2.75) is 38.2 Å². The van der Waals surface area contributed by atoms with Gasteiger partial charge in [0.1, 0.15) is 6.10 Å². The van der Waals surface area contributed by atoms with E-state index in [0.717, 1.165) is 25.7 Å². The minimum absolute atomic E-state index is 0.124. The zero-order valence-electron chi connectivity index (χ0n) is 8.99. The van der Waals surface area contributed by atoms with Crippen LogP contribution in [0.5, 0.6) is 0 Å². The van der Waals surface area contributed by atoms with Crippen molar-refractivity contribution in [1.29, 1.82) is 0 Å². The molecule has 1 N–H and O–H groups in total. The van der Waals surface area contributed by atoms with E-state index in [2.05, 4.69) is 0 Å². The minimum atomic E-state index is -0.864. The van der Waals surface area contributed by atoms with E-state index in [9.17, 15) is 9.90 Å². The number of ketones is 1. The monoisotopic (exact) mass is 258 g/mol. The van der Waals surface area contributed by atoms with Gasteiger partial charge in [0.15, 0.2) is 0 Å². The van der Waals surface area contributed by atoms with Gasteiger partial charge < -0.3 is 5.11 Å². The number of thiophene rings is 1. The summed E-state index contributed by atoms with van der Waals surface area (Å²) >= 11 is 7.20. The van der Waals surface area contributed by atoms with E-state index >= 15 is 0 Å². The number of carbonyl (C=O) groups is 1. The molecule has 1 heterocycles. The van der Waals surface area contributed by atoms with Crippen LogP contribution in [-0.4, -0.2) is 17.0 Å². The molecule has 2 nitrogen and oxygen atoms in total. The number of hydrogen-bond donors (Lipinski definition) is 1. The van der Waals surface area contributed by atoms with Gasteiger partial charge in [-0.1, -0.05) is 30.9 Å². The summed E-state index contributed by atoms with van der Waals surface area (Å²) in [5.74, 6) is -0.0775. The molecule has 0 bridgehead atoms. The van der Waals surface area contributed by atoms with Crippen molar-refractivity contribution < 1.29 is 9.90 Å². The van der Waals surface area contributed by atoms with Gasteiger partial charge in [0.2, 0.25) is 5.78 Å². The van der Waals surface area contributed by atoms with Crippen LogP contribution in [0.2, 0.25) is 5.02 Å². The first-order valence-electron chi connectivity index (χ1n) is 5.65. The molecule has 0 spiro atoms. The Morgan fingerprint density at radius 3 is 2.69 bits per heavy atom. The molecule has 2 rings (SSSR count). The van der Waals surface area contributed by atoms with E-state index in [-0.39, 0.29) is 11.7 Å². The standard InChI is InChI=1S/C12H15ClO2S/c13-9-6-7-16-12(9)11(15)10(14)8-4-2-1-3-5-8/h6-8,10,14H,1-5H2. The molecule has 88 valence electrons. The Bertz CT molecular complexity index is 369. The lowest BCUT2D eigenvalue weighted by Crippen LogP contribution is -2.30. The van der Waals surface area contributed by atoms with Gasteiger partial charge in [0.25, 0.3) is 0 Å². The summed E-state index contributed by atoms with van der Waals surface area (Å²) in [5, 5.41) is 12.3. The van der Waals surface area contributed by atoms with Gasteiger partial charge in [0, 0.05) is 0 Å². The second-order valence-electron chi connectivity index (χ2n) is 4.30. The summed E-state index contributed by atoms with van der Waals surface area (Å²) in [6.07, 6.45) is 4.50. The number of aliphatic hydroxyl groups excluding tert-OH is 1. The number of halogens is 1. The van der Waals surface area contributed by atoms with Gasteiger partial charge in [-0.2, -0.15) is 0 Å². The first-order valence-corrected chi connectivity index (χ1v) is 6.91. The van der Waals surface area contributed by atoms with Crippen molar-refractivity contribution in [3.05, 3.63) is 21.3 Å². The van der Waals surface area contributed by atoms with Gasteiger partial charge in [-0.3, -0.25) is 4.79 Å². The zero-order chi connectivity index (χ0) is 11.5. The Morgan fingerprint density at radius 2 is 2.12 bits per heavy atom. The molecular weight excluding hydrogens is 244 g/mol. The van der Waals surface area contributed by atoms with Gasteiger partial charge in [-0.15, -0.1) is 11.3 Å². The summed E-state index contributed by atoms with van der Waals surface area (Å²) in [6.45, 7) is 0. The molecule has 1 aromatic heterocycles. The van der Waals surface area contributed by atoms with Crippen LogP contribution in [0.3, 0.4) is 0 Å². The number of rotatable bonds is 3. The van der Waals surface area contributed by atoms with Crippen LogP contribution >= 0.6 is 22.9 Å². The summed E-state index contributed by atoms with van der Waals surface area (Å²) in [5.41, 5.74) is 0. The van der Waals surface area contributed by atoms with Crippen LogP contribution in [0, 0.1) is 5.92 Å². The molecule has 0 saturated heterocycles. The van der Waals surface area contributed by atoms with Gasteiger partial charge in [-0.25, -0.2) is 0 Å². The van der Waals surface area contributed by atoms with E-state index in [4.69, 9.17) is 11.6 Å². The number of hydrogen-bond acceptors (Lipinski definition) is 3. The quantitative estimate of drug-likeness (QED) is 0.843. The van der Waals surface area contributed by atoms with Gasteiger partial charge in [0.05, 0.1) is 9.90 Å². The van der Waals surface area contributed by atoms with Crippen molar-refractivity contribution in [3.63, 3.8) is 0 Å². The molecule has 1 aromatic rings.